The lowest BCUT2D eigenvalue weighted by atomic mass is 9.79. The molecule has 2 fully saturated rings. The van der Waals surface area contributed by atoms with Crippen molar-refractivity contribution < 1.29 is 27.6 Å². The first kappa shape index (κ1) is 30.1. The lowest BCUT2D eigenvalue weighted by Gasteiger charge is -2.39. The fourth-order valence-corrected chi connectivity index (χ4v) is 5.38. The van der Waals surface area contributed by atoms with E-state index >= 15 is 0 Å². The number of rotatable bonds is 8. The Balaban J connectivity index is 1.19. The second kappa shape index (κ2) is 11.7. The van der Waals surface area contributed by atoms with Gasteiger partial charge in [-0.15, -0.1) is 0 Å². The van der Waals surface area contributed by atoms with Crippen molar-refractivity contribution in [2.45, 2.75) is 56.5 Å². The minimum absolute atomic E-state index is 0.00306. The monoisotopic (exact) mass is 617 g/mol. The molecule has 1 aromatic carbocycles. The van der Waals surface area contributed by atoms with Gasteiger partial charge in [-0.25, -0.2) is 4.98 Å². The first-order valence-electron chi connectivity index (χ1n) is 13.4. The quantitative estimate of drug-likeness (QED) is 0.301. The number of halogens is 4. The highest BCUT2D eigenvalue weighted by Gasteiger charge is 2.39. The van der Waals surface area contributed by atoms with Gasteiger partial charge < -0.3 is 26.3 Å². The van der Waals surface area contributed by atoms with Crippen LogP contribution < -0.4 is 21.7 Å². The Bertz CT molecular complexity index is 1620. The van der Waals surface area contributed by atoms with Crippen LogP contribution in [0.5, 0.6) is 0 Å². The summed E-state index contributed by atoms with van der Waals surface area (Å²) in [6, 6.07) is 5.96. The van der Waals surface area contributed by atoms with E-state index in [4.69, 9.17) is 22.6 Å². The zero-order chi connectivity index (χ0) is 31.1. The number of aromatic nitrogens is 4. The number of amides is 3. The number of nitrogens with two attached hydrogens (primary N) is 1. The number of carbonyl (C=O) groups is 3. The molecule has 12 nitrogen and oxygen atoms in total. The van der Waals surface area contributed by atoms with Crippen LogP contribution in [0.2, 0.25) is 5.02 Å². The van der Waals surface area contributed by atoms with Gasteiger partial charge in [-0.05, 0) is 43.9 Å². The summed E-state index contributed by atoms with van der Waals surface area (Å²) in [7, 11) is 1.37. The average molecular weight is 618 g/mol. The highest BCUT2D eigenvalue weighted by molar-refractivity contribution is 6.34. The SMILES string of the molecule is Cn1c(-c2cn(CC#N)nc2C(F)(F)F)cnc1C(=O)Nc1ccc(C(=O)NC2CC(NC(=O)C3CC(N)C3)C2)c(Cl)c1. The molecule has 3 amide bonds. The first-order valence-corrected chi connectivity index (χ1v) is 13.7. The second-order valence-electron chi connectivity index (χ2n) is 10.7. The molecule has 2 saturated carbocycles. The molecular weight excluding hydrogens is 591 g/mol. The molecule has 0 atom stereocenters. The molecule has 0 spiro atoms. The molecule has 43 heavy (non-hydrogen) atoms. The van der Waals surface area contributed by atoms with E-state index in [1.54, 1.807) is 6.07 Å². The molecule has 2 aromatic heterocycles. The molecule has 2 heterocycles. The summed E-state index contributed by atoms with van der Waals surface area (Å²) in [5.41, 5.74) is 4.58. The number of imidazole rings is 1. The number of nitrogens with one attached hydrogen (secondary N) is 3. The van der Waals surface area contributed by atoms with Crippen molar-refractivity contribution in [1.29, 1.82) is 5.26 Å². The van der Waals surface area contributed by atoms with Gasteiger partial charge in [0.1, 0.15) is 6.54 Å². The number of benzene rings is 1. The third kappa shape index (κ3) is 6.35. The van der Waals surface area contributed by atoms with E-state index in [9.17, 15) is 27.6 Å². The molecule has 0 unspecified atom stereocenters. The number of hydrogen-bond acceptors (Lipinski definition) is 7. The highest BCUT2D eigenvalue weighted by atomic mass is 35.5. The van der Waals surface area contributed by atoms with Crippen LogP contribution in [0, 0.1) is 17.2 Å². The molecule has 0 aliphatic heterocycles. The Morgan fingerprint density at radius 3 is 2.47 bits per heavy atom. The fraction of sp³-hybridized carbons (Fsp3) is 0.407. The summed E-state index contributed by atoms with van der Waals surface area (Å²) < 4.78 is 42.8. The normalized spacial score (nSPS) is 21.2. The van der Waals surface area contributed by atoms with Crippen LogP contribution in [0.1, 0.15) is 52.4 Å². The maximum absolute atomic E-state index is 13.6. The van der Waals surface area contributed by atoms with Gasteiger partial charge in [0.25, 0.3) is 11.8 Å². The van der Waals surface area contributed by atoms with Crippen LogP contribution in [0.3, 0.4) is 0 Å². The van der Waals surface area contributed by atoms with E-state index in [0.29, 0.717) is 25.7 Å². The van der Waals surface area contributed by atoms with Gasteiger partial charge in [0.2, 0.25) is 5.91 Å². The number of anilines is 1. The van der Waals surface area contributed by atoms with E-state index in [0.717, 1.165) is 17.1 Å². The lowest BCUT2D eigenvalue weighted by molar-refractivity contribution is -0.141. The minimum atomic E-state index is -4.80. The van der Waals surface area contributed by atoms with Crippen LogP contribution in [-0.2, 0) is 24.6 Å². The van der Waals surface area contributed by atoms with Crippen LogP contribution in [0.25, 0.3) is 11.3 Å². The topological polar surface area (TPSA) is 173 Å². The molecular formula is C27H27ClF3N9O3. The maximum Gasteiger partial charge on any atom is 0.435 e. The molecule has 0 bridgehead atoms. The summed E-state index contributed by atoms with van der Waals surface area (Å²) in [5, 5.41) is 20.8. The molecule has 0 radical (unpaired) electrons. The van der Waals surface area contributed by atoms with Gasteiger partial charge >= 0.3 is 6.18 Å². The van der Waals surface area contributed by atoms with Gasteiger partial charge in [0.15, 0.2) is 11.5 Å². The summed E-state index contributed by atoms with van der Waals surface area (Å²) in [6.45, 7) is -0.390. The van der Waals surface area contributed by atoms with Crippen LogP contribution in [0.15, 0.2) is 30.6 Å². The van der Waals surface area contributed by atoms with Gasteiger partial charge in [-0.1, -0.05) is 11.6 Å². The van der Waals surface area contributed by atoms with Crippen molar-refractivity contribution in [3.63, 3.8) is 0 Å². The van der Waals surface area contributed by atoms with E-state index in [1.807, 2.05) is 0 Å². The summed E-state index contributed by atoms with van der Waals surface area (Å²) in [6.07, 6.45) is -0.0498. The number of alkyl halides is 3. The summed E-state index contributed by atoms with van der Waals surface area (Å²) in [5.74, 6) is -1.37. The van der Waals surface area contributed by atoms with Crippen LogP contribution in [-0.4, -0.2) is 55.2 Å². The molecule has 0 saturated heterocycles. The van der Waals surface area contributed by atoms with E-state index in [2.05, 4.69) is 26.0 Å². The predicted octanol–water partition coefficient (Wildman–Crippen LogP) is 2.85. The van der Waals surface area contributed by atoms with Gasteiger partial charge in [0, 0.05) is 43.0 Å². The van der Waals surface area contributed by atoms with Gasteiger partial charge in [0.05, 0.1) is 34.1 Å². The molecule has 3 aromatic rings. The Labute approximate surface area is 248 Å². The minimum Gasteiger partial charge on any atom is -0.353 e. The number of hydrogen-bond donors (Lipinski definition) is 4. The fourth-order valence-electron chi connectivity index (χ4n) is 5.12. The molecule has 5 rings (SSSR count). The van der Waals surface area contributed by atoms with Crippen molar-refractivity contribution in [2.75, 3.05) is 5.32 Å². The standard InChI is InChI=1S/C27H27ClF3N9O3/c1-39-21(19-12-40(5-4-32)38-22(19)27(29,30)31)11-34-23(39)26(43)35-15-2-3-18(20(28)10-15)25(42)37-17-8-16(9-17)36-24(41)13-6-14(33)7-13/h2-3,10-14,16-17H,5-9,33H2,1H3,(H,35,43)(H,36,41)(H,37,42). The summed E-state index contributed by atoms with van der Waals surface area (Å²) >= 11 is 6.33. The van der Waals surface area contributed by atoms with E-state index < -0.39 is 30.2 Å². The molecule has 2 aliphatic carbocycles. The number of nitrogens with zero attached hydrogens (tertiary/aromatic N) is 5. The van der Waals surface area contributed by atoms with E-state index in [-0.39, 0.29) is 63.3 Å². The number of carbonyl (C=O) groups excluding carboxylic acids is 3. The molecule has 16 heteroatoms. The third-order valence-electron chi connectivity index (χ3n) is 7.57. The maximum atomic E-state index is 13.6. The third-order valence-corrected chi connectivity index (χ3v) is 7.88. The second-order valence-corrected chi connectivity index (χ2v) is 11.1. The molecule has 2 aliphatic rings. The van der Waals surface area contributed by atoms with Crippen molar-refractivity contribution in [3.05, 3.63) is 52.7 Å². The largest absolute Gasteiger partial charge is 0.435 e. The predicted molar refractivity (Wildman–Crippen MR) is 148 cm³/mol. The summed E-state index contributed by atoms with van der Waals surface area (Å²) in [4.78, 5) is 41.9. The van der Waals surface area contributed by atoms with Gasteiger partial charge in [-0.2, -0.15) is 23.5 Å². The van der Waals surface area contributed by atoms with Crippen LogP contribution in [0.4, 0.5) is 18.9 Å². The van der Waals surface area contributed by atoms with Crippen molar-refractivity contribution in [3.8, 4) is 17.3 Å². The smallest absolute Gasteiger partial charge is 0.353 e. The van der Waals surface area contributed by atoms with Crippen molar-refractivity contribution in [1.82, 2.24) is 30.0 Å². The van der Waals surface area contributed by atoms with Crippen molar-refractivity contribution >= 4 is 35.0 Å². The zero-order valence-electron chi connectivity index (χ0n) is 22.8. The highest BCUT2D eigenvalue weighted by Crippen LogP contribution is 2.36. The Hall–Kier alpha value is -4.42. The Morgan fingerprint density at radius 2 is 1.84 bits per heavy atom. The molecule has 226 valence electrons. The Morgan fingerprint density at radius 1 is 1.14 bits per heavy atom. The average Bonchev–Trinajstić information content (AvgIpc) is 3.49. The lowest BCUT2D eigenvalue weighted by Crippen LogP contribution is -2.56. The molecule has 5 N–H and O–H groups in total. The van der Waals surface area contributed by atoms with Gasteiger partial charge in [-0.3, -0.25) is 19.1 Å². The van der Waals surface area contributed by atoms with Crippen LogP contribution >= 0.6 is 11.6 Å². The van der Waals surface area contributed by atoms with E-state index in [1.165, 1.54) is 29.8 Å². The first-order chi connectivity index (χ1) is 20.3. The Kier molecular flexibility index (Phi) is 8.17. The van der Waals surface area contributed by atoms with Crippen molar-refractivity contribution in [2.24, 2.45) is 18.7 Å². The number of nitriles is 1. The zero-order valence-corrected chi connectivity index (χ0v) is 23.5.